The minimum Gasteiger partial charge on any atom is -0.438 e. The summed E-state index contributed by atoms with van der Waals surface area (Å²) in [6.07, 6.45) is 1.72. The van der Waals surface area contributed by atoms with Gasteiger partial charge in [0.25, 0.3) is 0 Å². The molecule has 0 saturated carbocycles. The quantitative estimate of drug-likeness (QED) is 0.316. The Kier molecular flexibility index (Phi) is 4.38. The zero-order valence-electron chi connectivity index (χ0n) is 14.5. The Morgan fingerprint density at radius 1 is 0.964 bits per heavy atom. The number of hydrogen-bond donors (Lipinski definition) is 1. The normalized spacial score (nSPS) is 11.0. The second-order valence-corrected chi connectivity index (χ2v) is 7.69. The number of fused-ring (bicyclic) bond motifs is 2. The molecule has 0 spiro atoms. The molecular weight excluding hydrogens is 436 g/mol. The third-order valence-corrected chi connectivity index (χ3v) is 5.50. The van der Waals surface area contributed by atoms with Crippen molar-refractivity contribution in [2.24, 2.45) is 0 Å². The summed E-state index contributed by atoms with van der Waals surface area (Å²) in [5, 5.41) is 7.51. The first-order chi connectivity index (χ1) is 13.8. The molecule has 0 aliphatic carbocycles. The number of ether oxygens (including phenoxy) is 1. The Hall–Kier alpha value is -3.03. The van der Waals surface area contributed by atoms with Crippen molar-refractivity contribution in [3.8, 4) is 11.6 Å². The molecule has 0 unspecified atom stereocenters. The highest BCUT2D eigenvalue weighted by Crippen LogP contribution is 2.33. The zero-order chi connectivity index (χ0) is 18.9. The van der Waals surface area contributed by atoms with Crippen LogP contribution in [0.5, 0.6) is 11.6 Å². The van der Waals surface area contributed by atoms with Gasteiger partial charge >= 0.3 is 0 Å². The van der Waals surface area contributed by atoms with Gasteiger partial charge < -0.3 is 10.1 Å². The molecule has 0 saturated heterocycles. The maximum absolute atomic E-state index is 5.96. The summed E-state index contributed by atoms with van der Waals surface area (Å²) >= 11 is 5.00. The number of hydrogen-bond acceptors (Lipinski definition) is 6. The Morgan fingerprint density at radius 2 is 1.93 bits per heavy atom. The van der Waals surface area contributed by atoms with Gasteiger partial charge in [0.05, 0.1) is 10.2 Å². The van der Waals surface area contributed by atoms with Crippen LogP contribution in [-0.2, 0) is 0 Å². The predicted molar refractivity (Wildman–Crippen MR) is 117 cm³/mol. The van der Waals surface area contributed by atoms with Crippen molar-refractivity contribution >= 4 is 59.8 Å². The molecule has 0 bridgehead atoms. The molecule has 0 atom stereocenters. The lowest BCUT2D eigenvalue weighted by atomic mass is 10.1. The van der Waals surface area contributed by atoms with Crippen LogP contribution in [0.4, 0.5) is 11.5 Å². The van der Waals surface area contributed by atoms with E-state index in [9.17, 15) is 0 Å². The first-order valence-corrected chi connectivity index (χ1v) is 10.2. The van der Waals surface area contributed by atoms with Gasteiger partial charge in [0.2, 0.25) is 5.88 Å². The molecule has 2 aromatic carbocycles. The van der Waals surface area contributed by atoms with Gasteiger partial charge in [0, 0.05) is 23.3 Å². The number of thiophene rings is 1. The molecular formula is C21H13BrN4OS. The van der Waals surface area contributed by atoms with E-state index in [1.807, 2.05) is 53.9 Å². The number of aromatic nitrogens is 3. The number of benzene rings is 2. The number of rotatable bonds is 4. The summed E-state index contributed by atoms with van der Waals surface area (Å²) in [4.78, 5) is 13.1. The lowest BCUT2D eigenvalue weighted by Crippen LogP contribution is -1.96. The van der Waals surface area contributed by atoms with Crippen LogP contribution in [0.1, 0.15) is 0 Å². The van der Waals surface area contributed by atoms with Crippen LogP contribution in [0.3, 0.4) is 0 Å². The van der Waals surface area contributed by atoms with Gasteiger partial charge in [0.15, 0.2) is 10.6 Å². The molecule has 28 heavy (non-hydrogen) atoms. The fourth-order valence-electron chi connectivity index (χ4n) is 3.00. The molecule has 0 amide bonds. The Balaban J connectivity index is 1.51. The highest BCUT2D eigenvalue weighted by Gasteiger charge is 2.10. The molecule has 7 heteroatoms. The third kappa shape index (κ3) is 3.30. The average molecular weight is 449 g/mol. The molecule has 1 N–H and O–H groups in total. The van der Waals surface area contributed by atoms with Gasteiger partial charge in [-0.1, -0.05) is 18.2 Å². The molecule has 3 heterocycles. The van der Waals surface area contributed by atoms with E-state index in [1.165, 1.54) is 0 Å². The van der Waals surface area contributed by atoms with Crippen LogP contribution in [-0.4, -0.2) is 15.0 Å². The lowest BCUT2D eigenvalue weighted by Gasteiger charge is -2.11. The number of nitrogens with one attached hydrogen (secondary N) is 1. The van der Waals surface area contributed by atoms with Crippen LogP contribution >= 0.6 is 27.3 Å². The molecule has 0 fully saturated rings. The fourth-order valence-corrected chi connectivity index (χ4v) is 4.14. The molecule has 3 aromatic heterocycles. The molecule has 5 rings (SSSR count). The first-order valence-electron chi connectivity index (χ1n) is 8.56. The van der Waals surface area contributed by atoms with Crippen LogP contribution in [0.2, 0.25) is 0 Å². The lowest BCUT2D eigenvalue weighted by molar-refractivity contribution is 0.468. The van der Waals surface area contributed by atoms with Crippen LogP contribution < -0.4 is 10.1 Å². The maximum Gasteiger partial charge on any atom is 0.219 e. The fraction of sp³-hybridized carbons (Fsp3) is 0. The molecule has 0 aliphatic heterocycles. The van der Waals surface area contributed by atoms with Crippen molar-refractivity contribution in [2.75, 3.05) is 5.32 Å². The largest absolute Gasteiger partial charge is 0.438 e. The van der Waals surface area contributed by atoms with Crippen molar-refractivity contribution in [3.63, 3.8) is 0 Å². The minimum atomic E-state index is 0.563. The van der Waals surface area contributed by atoms with E-state index in [4.69, 9.17) is 4.74 Å². The Labute approximate surface area is 173 Å². The highest BCUT2D eigenvalue weighted by atomic mass is 79.9. The van der Waals surface area contributed by atoms with E-state index in [-0.39, 0.29) is 0 Å². The van der Waals surface area contributed by atoms with E-state index in [0.29, 0.717) is 10.6 Å². The highest BCUT2D eigenvalue weighted by molar-refractivity contribution is 9.10. The molecule has 136 valence electrons. The summed E-state index contributed by atoms with van der Waals surface area (Å²) in [6.45, 7) is 0. The van der Waals surface area contributed by atoms with Crippen molar-refractivity contribution in [2.45, 2.75) is 0 Å². The summed E-state index contributed by atoms with van der Waals surface area (Å²) in [5.41, 5.74) is 1.86. The second-order valence-electron chi connectivity index (χ2n) is 6.06. The molecule has 0 radical (unpaired) electrons. The van der Waals surface area contributed by atoms with Gasteiger partial charge in [-0.25, -0.2) is 15.0 Å². The summed E-state index contributed by atoms with van der Waals surface area (Å²) in [6, 6.07) is 19.7. The predicted octanol–water partition coefficient (Wildman–Crippen LogP) is 6.54. The zero-order valence-corrected chi connectivity index (χ0v) is 16.9. The molecule has 5 nitrogen and oxygen atoms in total. The maximum atomic E-state index is 5.96. The van der Waals surface area contributed by atoms with Gasteiger partial charge in [-0.2, -0.15) is 0 Å². The van der Waals surface area contributed by atoms with Crippen molar-refractivity contribution < 1.29 is 4.74 Å². The third-order valence-electron chi connectivity index (χ3n) is 4.23. The SMILES string of the molecule is Brc1nc(Nc2ccc3c(Oc4ccccn4)cccc3c2)c2sccc2n1. The topological polar surface area (TPSA) is 59.9 Å². The summed E-state index contributed by atoms with van der Waals surface area (Å²) in [7, 11) is 0. The van der Waals surface area contributed by atoms with Crippen LogP contribution in [0, 0.1) is 0 Å². The first kappa shape index (κ1) is 17.1. The van der Waals surface area contributed by atoms with E-state index in [1.54, 1.807) is 17.5 Å². The van der Waals surface area contributed by atoms with Gasteiger partial charge in [-0.05, 0) is 63.1 Å². The number of pyridine rings is 1. The van der Waals surface area contributed by atoms with Crippen LogP contribution in [0.25, 0.3) is 21.0 Å². The van der Waals surface area contributed by atoms with E-state index >= 15 is 0 Å². The standard InChI is InChI=1S/C21H13BrN4OS/c22-21-25-16-9-11-28-19(16)20(26-21)24-14-7-8-15-13(12-14)4-3-5-17(15)27-18-6-1-2-10-23-18/h1-12H,(H,24,25,26). The van der Waals surface area contributed by atoms with Crippen molar-refractivity contribution in [1.29, 1.82) is 0 Å². The summed E-state index contributed by atoms with van der Waals surface area (Å²) < 4.78 is 7.54. The molecule has 0 aliphatic rings. The number of anilines is 2. The molecule has 5 aromatic rings. The van der Waals surface area contributed by atoms with E-state index < -0.39 is 0 Å². The van der Waals surface area contributed by atoms with Gasteiger partial charge in [-0.15, -0.1) is 11.3 Å². The van der Waals surface area contributed by atoms with E-state index in [0.717, 1.165) is 38.2 Å². The number of halogens is 1. The second kappa shape index (κ2) is 7.18. The van der Waals surface area contributed by atoms with Crippen LogP contribution in [0.15, 0.2) is 77.0 Å². The smallest absolute Gasteiger partial charge is 0.219 e. The monoisotopic (exact) mass is 448 g/mol. The Bertz CT molecular complexity index is 1290. The summed E-state index contributed by atoms with van der Waals surface area (Å²) in [5.74, 6) is 2.13. The minimum absolute atomic E-state index is 0.563. The number of nitrogens with zero attached hydrogens (tertiary/aromatic N) is 3. The van der Waals surface area contributed by atoms with Crippen molar-refractivity contribution in [3.05, 3.63) is 77.0 Å². The van der Waals surface area contributed by atoms with E-state index in [2.05, 4.69) is 48.3 Å². The van der Waals surface area contributed by atoms with Crippen molar-refractivity contribution in [1.82, 2.24) is 15.0 Å². The van der Waals surface area contributed by atoms with Gasteiger partial charge in [0.1, 0.15) is 5.75 Å². The van der Waals surface area contributed by atoms with Gasteiger partial charge in [-0.3, -0.25) is 0 Å². The average Bonchev–Trinajstić information content (AvgIpc) is 3.17. The Morgan fingerprint density at radius 3 is 2.82 bits per heavy atom.